The highest BCUT2D eigenvalue weighted by molar-refractivity contribution is 5.70. The van der Waals surface area contributed by atoms with Crippen molar-refractivity contribution in [1.29, 1.82) is 5.26 Å². The van der Waals surface area contributed by atoms with Gasteiger partial charge in [0.15, 0.2) is 0 Å². The van der Waals surface area contributed by atoms with E-state index in [0.717, 1.165) is 16.8 Å². The zero-order valence-corrected chi connectivity index (χ0v) is 16.0. The molecule has 0 amide bonds. The number of para-hydroxylation sites is 1. The van der Waals surface area contributed by atoms with Gasteiger partial charge in [-0.15, -0.1) is 0 Å². The second-order valence-corrected chi connectivity index (χ2v) is 6.59. The minimum Gasteiger partial charge on any atom is -0.350 e. The van der Waals surface area contributed by atoms with Crippen molar-refractivity contribution in [3.63, 3.8) is 0 Å². The molecule has 0 aliphatic rings. The summed E-state index contributed by atoms with van der Waals surface area (Å²) in [7, 11) is 0. The fraction of sp³-hybridized carbons (Fsp3) is 0.0417. The lowest BCUT2D eigenvalue weighted by molar-refractivity contribution is 0.627. The summed E-state index contributed by atoms with van der Waals surface area (Å²) in [4.78, 5) is 9.16. The first kappa shape index (κ1) is 19.1. The van der Waals surface area contributed by atoms with Crippen molar-refractivity contribution >= 4 is 17.5 Å². The molecule has 5 nitrogen and oxygen atoms in total. The van der Waals surface area contributed by atoms with Gasteiger partial charge >= 0.3 is 0 Å². The summed E-state index contributed by atoms with van der Waals surface area (Å²) in [6.07, 6.45) is 0. The fourth-order valence-corrected chi connectivity index (χ4v) is 2.96. The van der Waals surface area contributed by atoms with E-state index in [4.69, 9.17) is 0 Å². The topological polar surface area (TPSA) is 73.6 Å². The summed E-state index contributed by atoms with van der Waals surface area (Å²) in [5.74, 6) is 0.717. The Morgan fingerprint density at radius 3 is 2.37 bits per heavy atom. The highest BCUT2D eigenvalue weighted by Gasteiger charge is 2.09. The Bertz CT molecular complexity index is 1180. The molecule has 0 unspecified atom stereocenters. The van der Waals surface area contributed by atoms with Crippen molar-refractivity contribution in [2.75, 3.05) is 10.6 Å². The van der Waals surface area contributed by atoms with Crippen LogP contribution in [0.2, 0.25) is 0 Å². The van der Waals surface area contributed by atoms with Crippen LogP contribution in [0, 0.1) is 17.1 Å². The Labute approximate surface area is 173 Å². The zero-order chi connectivity index (χ0) is 20.8. The minimum absolute atomic E-state index is 0.274. The van der Waals surface area contributed by atoms with E-state index in [9.17, 15) is 9.65 Å². The monoisotopic (exact) mass is 395 g/mol. The van der Waals surface area contributed by atoms with Crippen LogP contribution in [0.1, 0.15) is 11.1 Å². The van der Waals surface area contributed by atoms with E-state index in [1.807, 2.05) is 54.6 Å². The molecule has 0 spiro atoms. The molecule has 4 rings (SSSR count). The van der Waals surface area contributed by atoms with Gasteiger partial charge in [-0.2, -0.15) is 10.2 Å². The predicted octanol–water partition coefficient (Wildman–Crippen LogP) is 5.51. The Morgan fingerprint density at radius 1 is 0.867 bits per heavy atom. The smallest absolute Gasteiger partial charge is 0.225 e. The Hall–Kier alpha value is -4.24. The van der Waals surface area contributed by atoms with E-state index in [0.29, 0.717) is 29.6 Å². The number of benzene rings is 3. The van der Waals surface area contributed by atoms with Crippen molar-refractivity contribution < 1.29 is 4.39 Å². The Morgan fingerprint density at radius 2 is 1.60 bits per heavy atom. The second kappa shape index (κ2) is 8.84. The van der Waals surface area contributed by atoms with Crippen LogP contribution in [-0.2, 0) is 6.54 Å². The SMILES string of the molecule is N#Cc1ccccc1Nc1cc(-c2ccccc2)nc(NCc2ccc(F)cc2)n1. The van der Waals surface area contributed by atoms with Crippen LogP contribution < -0.4 is 10.6 Å². The molecule has 6 heteroatoms. The Balaban J connectivity index is 1.66. The molecule has 4 aromatic rings. The standard InChI is InChI=1S/C24H18FN5/c25-20-12-10-17(11-13-20)16-27-24-29-22(18-6-2-1-3-7-18)14-23(30-24)28-21-9-5-4-8-19(21)15-26/h1-14H,16H2,(H2,27,28,29,30). The van der Waals surface area contributed by atoms with E-state index in [1.165, 1.54) is 12.1 Å². The Kier molecular flexibility index (Phi) is 5.63. The van der Waals surface area contributed by atoms with Crippen molar-refractivity contribution in [2.45, 2.75) is 6.54 Å². The van der Waals surface area contributed by atoms with Gasteiger partial charge in [-0.25, -0.2) is 9.37 Å². The summed E-state index contributed by atoms with van der Waals surface area (Å²) in [5, 5.41) is 15.8. The van der Waals surface area contributed by atoms with Gasteiger partial charge in [0.05, 0.1) is 16.9 Å². The van der Waals surface area contributed by atoms with Crippen molar-refractivity contribution in [3.05, 3.63) is 102 Å². The summed E-state index contributed by atoms with van der Waals surface area (Å²) in [6.45, 7) is 0.451. The number of hydrogen-bond acceptors (Lipinski definition) is 5. The zero-order valence-electron chi connectivity index (χ0n) is 16.0. The fourth-order valence-electron chi connectivity index (χ4n) is 2.96. The molecule has 3 aromatic carbocycles. The molecule has 1 heterocycles. The minimum atomic E-state index is -0.274. The summed E-state index contributed by atoms with van der Waals surface area (Å²) in [6, 6.07) is 27.3. The summed E-state index contributed by atoms with van der Waals surface area (Å²) >= 11 is 0. The average Bonchev–Trinajstić information content (AvgIpc) is 2.79. The van der Waals surface area contributed by atoms with E-state index >= 15 is 0 Å². The molecule has 2 N–H and O–H groups in total. The third-order valence-electron chi connectivity index (χ3n) is 4.47. The lowest BCUT2D eigenvalue weighted by Gasteiger charge is -2.12. The number of nitriles is 1. The van der Waals surface area contributed by atoms with Crippen LogP contribution in [0.3, 0.4) is 0 Å². The molecule has 0 atom stereocenters. The average molecular weight is 395 g/mol. The number of rotatable bonds is 6. The van der Waals surface area contributed by atoms with Gasteiger partial charge in [-0.05, 0) is 29.8 Å². The van der Waals surface area contributed by atoms with Crippen molar-refractivity contribution in [3.8, 4) is 17.3 Å². The lowest BCUT2D eigenvalue weighted by Crippen LogP contribution is -2.06. The molecular weight excluding hydrogens is 377 g/mol. The quantitative estimate of drug-likeness (QED) is 0.450. The van der Waals surface area contributed by atoms with Crippen LogP contribution in [-0.4, -0.2) is 9.97 Å². The number of hydrogen-bond donors (Lipinski definition) is 2. The van der Waals surface area contributed by atoms with Gasteiger partial charge in [-0.3, -0.25) is 0 Å². The molecule has 0 aliphatic carbocycles. The third kappa shape index (κ3) is 4.59. The molecule has 0 radical (unpaired) electrons. The molecule has 30 heavy (non-hydrogen) atoms. The predicted molar refractivity (Wildman–Crippen MR) is 116 cm³/mol. The van der Waals surface area contributed by atoms with Gasteiger partial charge in [0.2, 0.25) is 5.95 Å². The molecule has 0 saturated carbocycles. The van der Waals surface area contributed by atoms with E-state index < -0.39 is 0 Å². The third-order valence-corrected chi connectivity index (χ3v) is 4.47. The lowest BCUT2D eigenvalue weighted by atomic mass is 10.1. The molecular formula is C24H18FN5. The van der Waals surface area contributed by atoms with Crippen LogP contribution in [0.4, 0.5) is 21.8 Å². The van der Waals surface area contributed by atoms with Gasteiger partial charge in [0.25, 0.3) is 0 Å². The van der Waals surface area contributed by atoms with Crippen LogP contribution in [0.5, 0.6) is 0 Å². The molecule has 0 aliphatic heterocycles. The maximum Gasteiger partial charge on any atom is 0.225 e. The first-order valence-corrected chi connectivity index (χ1v) is 9.40. The molecule has 0 fully saturated rings. The largest absolute Gasteiger partial charge is 0.350 e. The van der Waals surface area contributed by atoms with Gasteiger partial charge in [0.1, 0.15) is 17.7 Å². The highest BCUT2D eigenvalue weighted by atomic mass is 19.1. The van der Waals surface area contributed by atoms with Gasteiger partial charge < -0.3 is 10.6 Å². The molecule has 0 saturated heterocycles. The van der Waals surface area contributed by atoms with Crippen molar-refractivity contribution in [1.82, 2.24) is 9.97 Å². The van der Waals surface area contributed by atoms with E-state index in [-0.39, 0.29) is 5.82 Å². The van der Waals surface area contributed by atoms with Crippen molar-refractivity contribution in [2.24, 2.45) is 0 Å². The number of nitrogens with one attached hydrogen (secondary N) is 2. The number of nitrogens with zero attached hydrogens (tertiary/aromatic N) is 3. The maximum absolute atomic E-state index is 13.1. The second-order valence-electron chi connectivity index (χ2n) is 6.59. The number of halogens is 1. The van der Waals surface area contributed by atoms with E-state index in [1.54, 1.807) is 18.2 Å². The summed E-state index contributed by atoms with van der Waals surface area (Å²) < 4.78 is 13.1. The first-order chi connectivity index (χ1) is 14.7. The first-order valence-electron chi connectivity index (χ1n) is 9.40. The highest BCUT2D eigenvalue weighted by Crippen LogP contribution is 2.25. The molecule has 0 bridgehead atoms. The maximum atomic E-state index is 13.1. The van der Waals surface area contributed by atoms with Gasteiger partial charge in [0, 0.05) is 18.2 Å². The molecule has 146 valence electrons. The van der Waals surface area contributed by atoms with Crippen LogP contribution in [0.15, 0.2) is 84.9 Å². The number of anilines is 3. The van der Waals surface area contributed by atoms with E-state index in [2.05, 4.69) is 26.7 Å². The number of aromatic nitrogens is 2. The molecule has 1 aromatic heterocycles. The normalized spacial score (nSPS) is 10.3. The van der Waals surface area contributed by atoms with Gasteiger partial charge in [-0.1, -0.05) is 54.6 Å². The van der Waals surface area contributed by atoms with Crippen LogP contribution >= 0.6 is 0 Å². The summed E-state index contributed by atoms with van der Waals surface area (Å²) in [5.41, 5.74) is 3.79. The van der Waals surface area contributed by atoms with Crippen LogP contribution in [0.25, 0.3) is 11.3 Å².